The van der Waals surface area contributed by atoms with Crippen molar-refractivity contribution >= 4 is 33.4 Å². The molecule has 0 saturated heterocycles. The van der Waals surface area contributed by atoms with Crippen molar-refractivity contribution in [2.75, 3.05) is 0 Å². The first-order chi connectivity index (χ1) is 9.49. The van der Waals surface area contributed by atoms with Gasteiger partial charge in [-0.2, -0.15) is 0 Å². The van der Waals surface area contributed by atoms with Gasteiger partial charge in [0.25, 0.3) is 5.91 Å². The lowest BCUT2D eigenvalue weighted by molar-refractivity contribution is 0.0950. The first-order valence-electron chi connectivity index (χ1n) is 5.65. The van der Waals surface area contributed by atoms with Crippen molar-refractivity contribution in [2.45, 2.75) is 6.54 Å². The molecule has 0 aromatic heterocycles. The molecule has 0 heterocycles. The number of hydrogen-bond acceptors (Lipinski definition) is 1. The highest BCUT2D eigenvalue weighted by atomic mass is 79.9. The fourth-order valence-electron chi connectivity index (χ4n) is 1.64. The largest absolute Gasteiger partial charge is 0.348 e. The number of benzene rings is 2. The zero-order valence-corrected chi connectivity index (χ0v) is 12.4. The summed E-state index contributed by atoms with van der Waals surface area (Å²) >= 11 is 9.19. The zero-order chi connectivity index (χ0) is 14.7. The minimum Gasteiger partial charge on any atom is -0.348 e. The van der Waals surface area contributed by atoms with E-state index in [1.54, 1.807) is 18.2 Å². The van der Waals surface area contributed by atoms with Crippen molar-refractivity contribution in [1.82, 2.24) is 5.32 Å². The van der Waals surface area contributed by atoms with Crippen molar-refractivity contribution in [3.63, 3.8) is 0 Å². The van der Waals surface area contributed by atoms with Crippen LogP contribution in [0.25, 0.3) is 0 Å². The number of nitrogens with one attached hydrogen (secondary N) is 1. The van der Waals surface area contributed by atoms with Crippen LogP contribution in [-0.2, 0) is 6.54 Å². The van der Waals surface area contributed by atoms with Crippen molar-refractivity contribution in [3.8, 4) is 0 Å². The first kappa shape index (κ1) is 14.9. The first-order valence-corrected chi connectivity index (χ1v) is 6.82. The van der Waals surface area contributed by atoms with Crippen molar-refractivity contribution in [1.29, 1.82) is 0 Å². The Morgan fingerprint density at radius 2 is 1.95 bits per heavy atom. The molecule has 0 saturated carbocycles. The Labute approximate surface area is 127 Å². The third-order valence-corrected chi connectivity index (χ3v) is 3.60. The third kappa shape index (κ3) is 3.35. The van der Waals surface area contributed by atoms with E-state index in [1.807, 2.05) is 0 Å². The van der Waals surface area contributed by atoms with Crippen LogP contribution < -0.4 is 5.32 Å². The Hall–Kier alpha value is -1.46. The fraction of sp³-hybridized carbons (Fsp3) is 0.0714. The molecule has 0 spiro atoms. The average Bonchev–Trinajstić information content (AvgIpc) is 2.40. The zero-order valence-electron chi connectivity index (χ0n) is 10.1. The summed E-state index contributed by atoms with van der Waals surface area (Å²) in [5.41, 5.74) is 0.761. The molecule has 20 heavy (non-hydrogen) atoms. The summed E-state index contributed by atoms with van der Waals surface area (Å²) in [5.74, 6) is -2.27. The van der Waals surface area contributed by atoms with E-state index in [4.69, 9.17) is 11.6 Å². The van der Waals surface area contributed by atoms with Gasteiger partial charge < -0.3 is 5.32 Å². The van der Waals surface area contributed by atoms with Gasteiger partial charge in [0.2, 0.25) is 0 Å². The Morgan fingerprint density at radius 1 is 1.20 bits per heavy atom. The Bertz CT molecular complexity index is 643. The van der Waals surface area contributed by atoms with Crippen LogP contribution in [0.3, 0.4) is 0 Å². The van der Waals surface area contributed by atoms with E-state index in [-0.39, 0.29) is 6.54 Å². The molecule has 0 bridgehead atoms. The molecule has 0 unspecified atom stereocenters. The van der Waals surface area contributed by atoms with Gasteiger partial charge in [-0.1, -0.05) is 23.7 Å². The number of carbonyl (C=O) groups is 1. The molecule has 2 nitrogen and oxygen atoms in total. The summed E-state index contributed by atoms with van der Waals surface area (Å²) in [7, 11) is 0. The minimum absolute atomic E-state index is 0.0771. The molecule has 104 valence electrons. The highest BCUT2D eigenvalue weighted by Gasteiger charge is 2.14. The molecule has 0 aliphatic heterocycles. The number of carbonyl (C=O) groups excluding carboxylic acids is 1. The quantitative estimate of drug-likeness (QED) is 0.868. The van der Waals surface area contributed by atoms with Crippen LogP contribution in [0.5, 0.6) is 0 Å². The van der Waals surface area contributed by atoms with Crippen LogP contribution in [0.2, 0.25) is 5.02 Å². The molecule has 0 radical (unpaired) electrons. The fourth-order valence-corrected chi connectivity index (χ4v) is 2.56. The predicted molar refractivity (Wildman–Crippen MR) is 76.7 cm³/mol. The third-order valence-electron chi connectivity index (χ3n) is 2.63. The monoisotopic (exact) mass is 359 g/mol. The van der Waals surface area contributed by atoms with Gasteiger partial charge in [-0.25, -0.2) is 8.78 Å². The SMILES string of the molecule is O=C(NCc1ccc(F)c(F)c1)c1c(Cl)cccc1Br. The minimum atomic E-state index is -0.948. The molecular weight excluding hydrogens is 352 g/mol. The van der Waals surface area contributed by atoms with Crippen LogP contribution in [0, 0.1) is 11.6 Å². The van der Waals surface area contributed by atoms with E-state index in [0.717, 1.165) is 12.1 Å². The summed E-state index contributed by atoms with van der Waals surface area (Å²) in [4.78, 5) is 12.0. The van der Waals surface area contributed by atoms with E-state index < -0.39 is 17.5 Å². The van der Waals surface area contributed by atoms with Gasteiger partial charge in [0.05, 0.1) is 10.6 Å². The maximum absolute atomic E-state index is 13.0. The van der Waals surface area contributed by atoms with E-state index in [2.05, 4.69) is 21.2 Å². The number of rotatable bonds is 3. The van der Waals surface area contributed by atoms with Gasteiger partial charge in [-0.15, -0.1) is 0 Å². The summed E-state index contributed by atoms with van der Waals surface area (Å²) in [6.45, 7) is 0.0771. The molecule has 0 atom stereocenters. The van der Waals surface area contributed by atoms with E-state index in [9.17, 15) is 13.6 Å². The molecule has 2 aromatic rings. The summed E-state index contributed by atoms with van der Waals surface area (Å²) in [6, 6.07) is 8.45. The van der Waals surface area contributed by atoms with Gasteiger partial charge >= 0.3 is 0 Å². The van der Waals surface area contributed by atoms with Gasteiger partial charge in [0.15, 0.2) is 11.6 Å². The predicted octanol–water partition coefficient (Wildman–Crippen LogP) is 4.31. The second-order valence-electron chi connectivity index (χ2n) is 4.03. The van der Waals surface area contributed by atoms with Gasteiger partial charge in [-0.3, -0.25) is 4.79 Å². The second-order valence-corrected chi connectivity index (χ2v) is 5.29. The number of halogens is 4. The molecule has 0 fully saturated rings. The lowest BCUT2D eigenvalue weighted by Crippen LogP contribution is -2.23. The van der Waals surface area contributed by atoms with Crippen LogP contribution in [0.1, 0.15) is 15.9 Å². The number of amides is 1. The van der Waals surface area contributed by atoms with Crippen LogP contribution in [0.4, 0.5) is 8.78 Å². The van der Waals surface area contributed by atoms with Crippen molar-refractivity contribution in [2.24, 2.45) is 0 Å². The maximum Gasteiger partial charge on any atom is 0.254 e. The molecule has 2 rings (SSSR count). The second kappa shape index (κ2) is 6.33. The Balaban J connectivity index is 2.11. The standard InChI is InChI=1S/C14H9BrClF2NO/c15-9-2-1-3-10(16)13(9)14(20)19-7-8-4-5-11(17)12(18)6-8/h1-6H,7H2,(H,19,20). The Morgan fingerprint density at radius 3 is 2.60 bits per heavy atom. The average molecular weight is 361 g/mol. The van der Waals surface area contributed by atoms with Gasteiger partial charge in [0, 0.05) is 11.0 Å². The lowest BCUT2D eigenvalue weighted by atomic mass is 10.2. The molecule has 2 aromatic carbocycles. The highest BCUT2D eigenvalue weighted by Crippen LogP contribution is 2.24. The number of hydrogen-bond donors (Lipinski definition) is 1. The van der Waals surface area contributed by atoms with Crippen LogP contribution in [-0.4, -0.2) is 5.91 Å². The Kier molecular flexibility index (Phi) is 4.73. The molecule has 6 heteroatoms. The summed E-state index contributed by atoms with van der Waals surface area (Å²) < 4.78 is 26.4. The lowest BCUT2D eigenvalue weighted by Gasteiger charge is -2.09. The van der Waals surface area contributed by atoms with Crippen LogP contribution in [0.15, 0.2) is 40.9 Å². The van der Waals surface area contributed by atoms with E-state index in [0.29, 0.717) is 20.6 Å². The highest BCUT2D eigenvalue weighted by molar-refractivity contribution is 9.10. The molecule has 0 aliphatic carbocycles. The normalized spacial score (nSPS) is 10.4. The molecular formula is C14H9BrClF2NO. The van der Waals surface area contributed by atoms with Crippen molar-refractivity contribution < 1.29 is 13.6 Å². The maximum atomic E-state index is 13.0. The molecule has 0 aliphatic rings. The summed E-state index contributed by atoms with van der Waals surface area (Å²) in [5, 5.41) is 2.91. The molecule has 1 amide bonds. The smallest absolute Gasteiger partial charge is 0.254 e. The van der Waals surface area contributed by atoms with Gasteiger partial charge in [-0.05, 0) is 45.8 Å². The summed E-state index contributed by atoms with van der Waals surface area (Å²) in [6.07, 6.45) is 0. The topological polar surface area (TPSA) is 29.1 Å². The van der Waals surface area contributed by atoms with Gasteiger partial charge in [0.1, 0.15) is 0 Å². The van der Waals surface area contributed by atoms with Crippen LogP contribution >= 0.6 is 27.5 Å². The van der Waals surface area contributed by atoms with Crippen molar-refractivity contribution in [3.05, 3.63) is 68.7 Å². The molecule has 1 N–H and O–H groups in total. The van der Waals surface area contributed by atoms with E-state index >= 15 is 0 Å². The van der Waals surface area contributed by atoms with E-state index in [1.165, 1.54) is 6.07 Å².